The first-order valence-corrected chi connectivity index (χ1v) is 6.20. The van der Waals surface area contributed by atoms with Crippen LogP contribution in [0, 0.1) is 0 Å². The number of nitrogens with zero attached hydrogens (tertiary/aromatic N) is 1. The van der Waals surface area contributed by atoms with Crippen LogP contribution in [0.5, 0.6) is 0 Å². The fourth-order valence-corrected chi connectivity index (χ4v) is 1.45. The SMILES string of the molecule is C=C[SiH2]CNCN(CC)CC. The van der Waals surface area contributed by atoms with E-state index >= 15 is 0 Å². The molecule has 0 aromatic carbocycles. The molecule has 0 bridgehead atoms. The summed E-state index contributed by atoms with van der Waals surface area (Å²) in [5.41, 5.74) is 2.08. The Kier molecular flexibility index (Phi) is 7.89. The van der Waals surface area contributed by atoms with E-state index in [0.29, 0.717) is 0 Å². The van der Waals surface area contributed by atoms with Crippen LogP contribution in [0.4, 0.5) is 0 Å². The first kappa shape index (κ1) is 10.9. The lowest BCUT2D eigenvalue weighted by atomic mass is 10.5. The highest BCUT2D eigenvalue weighted by Crippen LogP contribution is 1.81. The molecule has 1 N–H and O–H groups in total. The topological polar surface area (TPSA) is 15.3 Å². The van der Waals surface area contributed by atoms with Gasteiger partial charge in [0, 0.05) is 6.67 Å². The van der Waals surface area contributed by atoms with E-state index in [2.05, 4.69) is 36.3 Å². The van der Waals surface area contributed by atoms with Gasteiger partial charge in [0.25, 0.3) is 0 Å². The van der Waals surface area contributed by atoms with Crippen LogP contribution in [0.15, 0.2) is 12.3 Å². The lowest BCUT2D eigenvalue weighted by Gasteiger charge is -2.17. The summed E-state index contributed by atoms with van der Waals surface area (Å²) in [6.45, 7) is 11.4. The second-order valence-electron chi connectivity index (χ2n) is 2.54. The maximum Gasteiger partial charge on any atom is 0.0602 e. The number of nitrogens with one attached hydrogen (secondary N) is 1. The van der Waals surface area contributed by atoms with Gasteiger partial charge in [-0.25, -0.2) is 0 Å². The number of hydrogen-bond acceptors (Lipinski definition) is 2. The van der Waals surface area contributed by atoms with Gasteiger partial charge in [-0.05, 0) is 19.3 Å². The highest BCUT2D eigenvalue weighted by Gasteiger charge is 1.95. The number of hydrogen-bond donors (Lipinski definition) is 1. The van der Waals surface area contributed by atoms with E-state index in [0.717, 1.165) is 19.8 Å². The van der Waals surface area contributed by atoms with E-state index in [1.165, 1.54) is 6.17 Å². The molecule has 0 saturated heterocycles. The van der Waals surface area contributed by atoms with E-state index in [1.54, 1.807) is 0 Å². The average Bonchev–Trinajstić information content (AvgIpc) is 2.05. The van der Waals surface area contributed by atoms with Crippen LogP contribution in [0.1, 0.15) is 13.8 Å². The van der Waals surface area contributed by atoms with Crippen molar-refractivity contribution in [3.8, 4) is 0 Å². The van der Waals surface area contributed by atoms with Gasteiger partial charge in [0.15, 0.2) is 0 Å². The van der Waals surface area contributed by atoms with E-state index in [1.807, 2.05) is 0 Å². The summed E-state index contributed by atoms with van der Waals surface area (Å²) in [7, 11) is -0.0105. The summed E-state index contributed by atoms with van der Waals surface area (Å²) in [5.74, 6) is 0. The minimum absolute atomic E-state index is 0.0105. The Hall–Kier alpha value is -0.123. The fraction of sp³-hybridized carbons (Fsp3) is 0.750. The Morgan fingerprint density at radius 1 is 1.45 bits per heavy atom. The van der Waals surface area contributed by atoms with Crippen molar-refractivity contribution in [2.45, 2.75) is 13.8 Å². The van der Waals surface area contributed by atoms with Crippen molar-refractivity contribution in [1.82, 2.24) is 10.2 Å². The fourth-order valence-electron chi connectivity index (χ4n) is 0.889. The monoisotopic (exact) mass is 172 g/mol. The van der Waals surface area contributed by atoms with Gasteiger partial charge < -0.3 is 5.32 Å². The predicted molar refractivity (Wildman–Crippen MR) is 54.5 cm³/mol. The van der Waals surface area contributed by atoms with Gasteiger partial charge >= 0.3 is 0 Å². The van der Waals surface area contributed by atoms with Crippen LogP contribution in [0.3, 0.4) is 0 Å². The Balaban J connectivity index is 3.13. The van der Waals surface area contributed by atoms with Crippen LogP contribution < -0.4 is 5.32 Å². The molecule has 0 aliphatic heterocycles. The van der Waals surface area contributed by atoms with Crippen molar-refractivity contribution < 1.29 is 0 Å². The third-order valence-electron chi connectivity index (χ3n) is 1.76. The molecule has 2 nitrogen and oxygen atoms in total. The normalized spacial score (nSPS) is 11.5. The molecule has 0 aliphatic rings. The first-order valence-electron chi connectivity index (χ1n) is 4.39. The van der Waals surface area contributed by atoms with Gasteiger partial charge in [0.2, 0.25) is 0 Å². The highest BCUT2D eigenvalue weighted by atomic mass is 28.2. The zero-order valence-electron chi connectivity index (χ0n) is 7.77. The Morgan fingerprint density at radius 2 is 2.09 bits per heavy atom. The summed E-state index contributed by atoms with van der Waals surface area (Å²) >= 11 is 0. The quantitative estimate of drug-likeness (QED) is 0.334. The summed E-state index contributed by atoms with van der Waals surface area (Å²) in [6, 6.07) is 0. The van der Waals surface area contributed by atoms with E-state index < -0.39 is 0 Å². The Morgan fingerprint density at radius 3 is 2.55 bits per heavy atom. The standard InChI is InChI=1S/C8H20N2Si/c1-4-10(5-2)7-9-8-11-6-3/h6,9H,3-5,7-8,11H2,1-2H3. The smallest absolute Gasteiger partial charge is 0.0602 e. The van der Waals surface area contributed by atoms with Crippen molar-refractivity contribution >= 4 is 9.52 Å². The van der Waals surface area contributed by atoms with Gasteiger partial charge in [0.05, 0.1) is 9.52 Å². The Labute approximate surface area is 72.5 Å². The molecule has 0 amide bonds. The summed E-state index contributed by atoms with van der Waals surface area (Å²) in [5, 5.41) is 3.40. The maximum atomic E-state index is 3.73. The molecule has 66 valence electrons. The molecular formula is C8H20N2Si. The van der Waals surface area contributed by atoms with Crippen molar-refractivity contribution in [1.29, 1.82) is 0 Å². The van der Waals surface area contributed by atoms with Crippen LogP contribution in [-0.2, 0) is 0 Å². The van der Waals surface area contributed by atoms with E-state index in [-0.39, 0.29) is 9.52 Å². The van der Waals surface area contributed by atoms with Crippen molar-refractivity contribution in [3.63, 3.8) is 0 Å². The molecule has 0 fully saturated rings. The van der Waals surface area contributed by atoms with Gasteiger partial charge in [-0.15, -0.1) is 12.3 Å². The molecule has 0 aromatic rings. The third kappa shape index (κ3) is 6.28. The number of rotatable bonds is 7. The lowest BCUT2D eigenvalue weighted by Crippen LogP contribution is -2.35. The molecule has 0 saturated carbocycles. The summed E-state index contributed by atoms with van der Waals surface area (Å²) in [6.07, 6.45) is 1.18. The molecule has 0 atom stereocenters. The maximum absolute atomic E-state index is 3.73. The molecule has 0 spiro atoms. The molecule has 0 radical (unpaired) electrons. The van der Waals surface area contributed by atoms with Crippen molar-refractivity contribution in [2.24, 2.45) is 0 Å². The molecule has 0 rings (SSSR count). The summed E-state index contributed by atoms with van der Waals surface area (Å²) in [4.78, 5) is 2.37. The molecule has 0 aliphatic carbocycles. The summed E-state index contributed by atoms with van der Waals surface area (Å²) < 4.78 is 0. The largest absolute Gasteiger partial charge is 0.307 e. The second kappa shape index (κ2) is 7.98. The third-order valence-corrected chi connectivity index (χ3v) is 2.81. The molecule has 0 unspecified atom stereocenters. The van der Waals surface area contributed by atoms with Crippen LogP contribution >= 0.6 is 0 Å². The van der Waals surface area contributed by atoms with E-state index in [9.17, 15) is 0 Å². The molecular weight excluding hydrogens is 152 g/mol. The first-order chi connectivity index (χ1) is 5.35. The zero-order chi connectivity index (χ0) is 8.53. The average molecular weight is 172 g/mol. The molecule has 0 aromatic heterocycles. The Bertz CT molecular complexity index is 92.1. The van der Waals surface area contributed by atoms with Gasteiger partial charge in [-0.1, -0.05) is 13.8 Å². The van der Waals surface area contributed by atoms with Gasteiger partial charge in [-0.2, -0.15) is 0 Å². The molecule has 0 heterocycles. The minimum atomic E-state index is -0.0105. The molecule has 11 heavy (non-hydrogen) atoms. The van der Waals surface area contributed by atoms with E-state index in [4.69, 9.17) is 0 Å². The minimum Gasteiger partial charge on any atom is -0.307 e. The van der Waals surface area contributed by atoms with Crippen LogP contribution in [0.2, 0.25) is 0 Å². The van der Waals surface area contributed by atoms with Crippen molar-refractivity contribution in [2.75, 3.05) is 25.9 Å². The van der Waals surface area contributed by atoms with Gasteiger partial charge in [0.1, 0.15) is 0 Å². The van der Waals surface area contributed by atoms with Crippen LogP contribution in [0.25, 0.3) is 0 Å². The van der Waals surface area contributed by atoms with Crippen molar-refractivity contribution in [3.05, 3.63) is 12.3 Å². The highest BCUT2D eigenvalue weighted by molar-refractivity contribution is 6.41. The predicted octanol–water partition coefficient (Wildman–Crippen LogP) is 0.145. The van der Waals surface area contributed by atoms with Crippen LogP contribution in [-0.4, -0.2) is 40.3 Å². The lowest BCUT2D eigenvalue weighted by molar-refractivity contribution is 0.286. The zero-order valence-corrected chi connectivity index (χ0v) is 9.18. The molecule has 3 heteroatoms. The van der Waals surface area contributed by atoms with Gasteiger partial charge in [-0.3, -0.25) is 4.90 Å². The second-order valence-corrected chi connectivity index (χ2v) is 4.19.